The molecule has 0 aliphatic carbocycles. The Balaban J connectivity index is 1.30. The van der Waals surface area contributed by atoms with Gasteiger partial charge < -0.3 is 23.7 Å². The zero-order valence-corrected chi connectivity index (χ0v) is 16.1. The average molecular weight is 372 g/mol. The molecule has 2 aliphatic rings. The van der Waals surface area contributed by atoms with Crippen molar-refractivity contribution in [3.05, 3.63) is 52.5 Å². The summed E-state index contributed by atoms with van der Waals surface area (Å²) in [7, 11) is 1.40. The number of hydrogen-bond donors (Lipinski definition) is 2. The van der Waals surface area contributed by atoms with Crippen LogP contribution in [0.2, 0.25) is 0 Å². The Labute approximate surface area is 159 Å². The number of carbonyl (C=O) groups is 1. The fourth-order valence-electron chi connectivity index (χ4n) is 4.14. The minimum Gasteiger partial charge on any atom is -0.493 e. The van der Waals surface area contributed by atoms with Crippen LogP contribution in [-0.4, -0.2) is 45.9 Å². The Morgan fingerprint density at radius 1 is 1.11 bits per heavy atom. The van der Waals surface area contributed by atoms with E-state index < -0.39 is 0 Å². The predicted octanol–water partition coefficient (Wildman–Crippen LogP) is -0.207. The molecule has 2 aromatic rings. The molecule has 6 heteroatoms. The molecule has 0 bridgehead atoms. The number of furan rings is 1. The predicted molar refractivity (Wildman–Crippen MR) is 99.2 cm³/mol. The summed E-state index contributed by atoms with van der Waals surface area (Å²) in [4.78, 5) is 14.9. The molecular formula is C21H28N2O4+2. The van der Waals surface area contributed by atoms with E-state index in [0.29, 0.717) is 11.3 Å². The number of methoxy groups -OCH3 is 1. The number of quaternary nitrogens is 2. The Hall–Kier alpha value is -2.31. The van der Waals surface area contributed by atoms with Crippen LogP contribution in [0.15, 0.2) is 28.7 Å². The number of esters is 1. The fraction of sp³-hybridized carbons (Fsp3) is 0.476. The van der Waals surface area contributed by atoms with Crippen LogP contribution in [0, 0.1) is 6.92 Å². The van der Waals surface area contributed by atoms with E-state index in [4.69, 9.17) is 13.9 Å². The van der Waals surface area contributed by atoms with Gasteiger partial charge in [0.2, 0.25) is 0 Å². The van der Waals surface area contributed by atoms with E-state index in [9.17, 15) is 4.79 Å². The van der Waals surface area contributed by atoms with Crippen LogP contribution in [0.4, 0.5) is 0 Å². The summed E-state index contributed by atoms with van der Waals surface area (Å²) >= 11 is 0. The van der Waals surface area contributed by atoms with E-state index in [-0.39, 0.29) is 5.97 Å². The Kier molecular flexibility index (Phi) is 5.18. The second-order valence-electron chi connectivity index (χ2n) is 7.57. The number of hydrogen-bond acceptors (Lipinski definition) is 4. The Morgan fingerprint density at radius 2 is 1.85 bits per heavy atom. The summed E-state index contributed by atoms with van der Waals surface area (Å²) in [5.74, 6) is 2.24. The van der Waals surface area contributed by atoms with Crippen LogP contribution in [0.3, 0.4) is 0 Å². The van der Waals surface area contributed by atoms with Gasteiger partial charge in [0.1, 0.15) is 56.3 Å². The first-order valence-electron chi connectivity index (χ1n) is 9.71. The van der Waals surface area contributed by atoms with Gasteiger partial charge in [0, 0.05) is 18.1 Å². The van der Waals surface area contributed by atoms with Crippen molar-refractivity contribution in [3.63, 3.8) is 0 Å². The van der Waals surface area contributed by atoms with Gasteiger partial charge in [-0.3, -0.25) is 0 Å². The molecule has 4 rings (SSSR count). The maximum Gasteiger partial charge on any atom is 0.341 e. The number of ether oxygens (including phenoxy) is 2. The van der Waals surface area contributed by atoms with Gasteiger partial charge in [0.15, 0.2) is 5.76 Å². The first-order chi connectivity index (χ1) is 13.1. The fourth-order valence-corrected chi connectivity index (χ4v) is 4.14. The van der Waals surface area contributed by atoms with Crippen LogP contribution in [0.5, 0.6) is 5.75 Å². The normalized spacial score (nSPS) is 21.6. The minimum atomic E-state index is -0.327. The zero-order valence-electron chi connectivity index (χ0n) is 16.1. The van der Waals surface area contributed by atoms with Gasteiger partial charge in [0.25, 0.3) is 0 Å². The maximum absolute atomic E-state index is 11.7. The summed E-state index contributed by atoms with van der Waals surface area (Å²) in [5, 5.41) is 0. The number of rotatable bonds is 5. The summed E-state index contributed by atoms with van der Waals surface area (Å²) < 4.78 is 16.2. The van der Waals surface area contributed by atoms with Crippen molar-refractivity contribution in [2.24, 2.45) is 0 Å². The quantitative estimate of drug-likeness (QED) is 0.714. The molecule has 0 radical (unpaired) electrons. The molecule has 0 spiro atoms. The maximum atomic E-state index is 11.7. The lowest BCUT2D eigenvalue weighted by Crippen LogP contribution is -3.27. The molecule has 2 N–H and O–H groups in total. The molecule has 3 heterocycles. The third kappa shape index (κ3) is 4.01. The van der Waals surface area contributed by atoms with E-state index in [1.807, 2.05) is 13.0 Å². The van der Waals surface area contributed by atoms with E-state index >= 15 is 0 Å². The van der Waals surface area contributed by atoms with Gasteiger partial charge in [-0.05, 0) is 30.7 Å². The number of benzene rings is 1. The van der Waals surface area contributed by atoms with Gasteiger partial charge in [-0.25, -0.2) is 4.79 Å². The van der Waals surface area contributed by atoms with Crippen molar-refractivity contribution in [3.8, 4) is 5.75 Å². The number of piperazine rings is 1. The zero-order chi connectivity index (χ0) is 18.8. The third-order valence-electron chi connectivity index (χ3n) is 5.67. The van der Waals surface area contributed by atoms with Crippen LogP contribution in [0.25, 0.3) is 0 Å². The number of fused-ring (bicyclic) bond motifs is 1. The smallest absolute Gasteiger partial charge is 0.341 e. The molecule has 1 aromatic carbocycles. The minimum absolute atomic E-state index is 0.327. The van der Waals surface area contributed by atoms with Crippen molar-refractivity contribution < 1.29 is 28.5 Å². The first-order valence-corrected chi connectivity index (χ1v) is 9.71. The van der Waals surface area contributed by atoms with Crippen LogP contribution < -0.4 is 14.5 Å². The summed E-state index contributed by atoms with van der Waals surface area (Å²) in [6.07, 6.45) is 1.03. The number of nitrogens with one attached hydrogen (secondary N) is 2. The molecule has 2 aliphatic heterocycles. The Morgan fingerprint density at radius 3 is 2.59 bits per heavy atom. The average Bonchev–Trinajstić information content (AvgIpc) is 3.28. The SMILES string of the molecule is COC(=O)c1cc(C[NH+]2CC[NH+](Cc3ccc4c(c3)CCO4)CC2)oc1C. The number of aryl methyl sites for hydroxylation is 1. The molecule has 0 amide bonds. The van der Waals surface area contributed by atoms with E-state index in [1.165, 1.54) is 23.1 Å². The van der Waals surface area contributed by atoms with Gasteiger partial charge in [0.05, 0.1) is 13.7 Å². The molecule has 0 saturated carbocycles. The summed E-state index contributed by atoms with van der Waals surface area (Å²) in [5.41, 5.74) is 3.30. The van der Waals surface area contributed by atoms with Crippen molar-refractivity contribution in [1.82, 2.24) is 0 Å². The van der Waals surface area contributed by atoms with E-state index in [0.717, 1.165) is 63.8 Å². The van der Waals surface area contributed by atoms with E-state index in [2.05, 4.69) is 18.2 Å². The second kappa shape index (κ2) is 7.74. The monoisotopic (exact) mass is 372 g/mol. The molecule has 0 unspecified atom stereocenters. The molecule has 1 aromatic heterocycles. The highest BCUT2D eigenvalue weighted by Gasteiger charge is 2.26. The summed E-state index contributed by atoms with van der Waals surface area (Å²) in [6, 6.07) is 8.47. The molecular weight excluding hydrogens is 344 g/mol. The van der Waals surface area contributed by atoms with Crippen molar-refractivity contribution in [2.45, 2.75) is 26.4 Å². The first kappa shape index (κ1) is 18.1. The highest BCUT2D eigenvalue weighted by atomic mass is 16.5. The standard InChI is InChI=1S/C21H26N2O4/c1-15-19(21(24)25-2)12-18(27-15)14-23-8-6-22(7-9-23)13-16-3-4-20-17(11-16)5-10-26-20/h3-4,11-12H,5-10,13-14H2,1-2H3/p+2. The van der Waals surface area contributed by atoms with Crippen LogP contribution in [0.1, 0.15) is 33.0 Å². The largest absolute Gasteiger partial charge is 0.493 e. The van der Waals surface area contributed by atoms with Crippen molar-refractivity contribution in [1.29, 1.82) is 0 Å². The summed E-state index contributed by atoms with van der Waals surface area (Å²) in [6.45, 7) is 9.03. The van der Waals surface area contributed by atoms with Crippen LogP contribution in [-0.2, 0) is 24.2 Å². The topological polar surface area (TPSA) is 57.5 Å². The second-order valence-corrected chi connectivity index (χ2v) is 7.57. The lowest BCUT2D eigenvalue weighted by Gasteiger charge is -2.29. The Bertz CT molecular complexity index is 822. The molecule has 27 heavy (non-hydrogen) atoms. The molecule has 1 saturated heterocycles. The van der Waals surface area contributed by atoms with Crippen molar-refractivity contribution in [2.75, 3.05) is 39.9 Å². The van der Waals surface area contributed by atoms with Gasteiger partial charge >= 0.3 is 5.97 Å². The molecule has 0 atom stereocenters. The van der Waals surface area contributed by atoms with Crippen LogP contribution >= 0.6 is 0 Å². The van der Waals surface area contributed by atoms with E-state index in [1.54, 1.807) is 4.90 Å². The number of carbonyl (C=O) groups excluding carboxylic acids is 1. The van der Waals surface area contributed by atoms with Gasteiger partial charge in [-0.15, -0.1) is 0 Å². The molecule has 1 fully saturated rings. The van der Waals surface area contributed by atoms with Crippen molar-refractivity contribution >= 4 is 5.97 Å². The highest BCUT2D eigenvalue weighted by Crippen LogP contribution is 2.25. The third-order valence-corrected chi connectivity index (χ3v) is 5.67. The molecule has 6 nitrogen and oxygen atoms in total. The van der Waals surface area contributed by atoms with Gasteiger partial charge in [-0.1, -0.05) is 0 Å². The highest BCUT2D eigenvalue weighted by molar-refractivity contribution is 5.90. The lowest BCUT2D eigenvalue weighted by molar-refractivity contribution is -1.02. The van der Waals surface area contributed by atoms with Gasteiger partial charge in [-0.2, -0.15) is 0 Å². The lowest BCUT2D eigenvalue weighted by atomic mass is 10.1. The molecule has 144 valence electrons.